The van der Waals surface area contributed by atoms with Crippen LogP contribution >= 0.6 is 11.6 Å². The molecule has 0 aliphatic carbocycles. The first-order valence-corrected chi connectivity index (χ1v) is 6.69. The summed E-state index contributed by atoms with van der Waals surface area (Å²) < 4.78 is 0. The smallest absolute Gasteiger partial charge is 0.120 e. The van der Waals surface area contributed by atoms with Crippen LogP contribution in [-0.2, 0) is 6.54 Å². The highest BCUT2D eigenvalue weighted by molar-refractivity contribution is 6.30. The van der Waals surface area contributed by atoms with Gasteiger partial charge in [0, 0.05) is 23.2 Å². The minimum atomic E-state index is 0.223. The number of hydrogen-bond donors (Lipinski definition) is 2. The molecular formula is C14H23ClN2O. The first kappa shape index (κ1) is 15.3. The van der Waals surface area contributed by atoms with Crippen molar-refractivity contribution in [1.82, 2.24) is 4.90 Å². The van der Waals surface area contributed by atoms with Crippen LogP contribution < -0.4 is 5.73 Å². The third kappa shape index (κ3) is 4.84. The zero-order chi connectivity index (χ0) is 13.7. The van der Waals surface area contributed by atoms with Crippen LogP contribution in [0.2, 0.25) is 5.02 Å². The third-order valence-corrected chi connectivity index (χ3v) is 3.42. The van der Waals surface area contributed by atoms with Crippen LogP contribution in [0.4, 0.5) is 0 Å². The van der Waals surface area contributed by atoms with Crippen molar-refractivity contribution in [2.75, 3.05) is 13.6 Å². The van der Waals surface area contributed by atoms with E-state index in [1.807, 2.05) is 7.05 Å². The van der Waals surface area contributed by atoms with Crippen molar-refractivity contribution in [3.8, 4) is 5.75 Å². The van der Waals surface area contributed by atoms with E-state index >= 15 is 0 Å². The second kappa shape index (κ2) is 6.98. The van der Waals surface area contributed by atoms with E-state index in [-0.39, 0.29) is 6.04 Å². The zero-order valence-electron chi connectivity index (χ0n) is 11.4. The van der Waals surface area contributed by atoms with Gasteiger partial charge in [-0.3, -0.25) is 0 Å². The van der Waals surface area contributed by atoms with E-state index in [0.29, 0.717) is 23.2 Å². The second-order valence-corrected chi connectivity index (χ2v) is 5.64. The van der Waals surface area contributed by atoms with Gasteiger partial charge in [0.1, 0.15) is 5.75 Å². The van der Waals surface area contributed by atoms with Gasteiger partial charge in [-0.05, 0) is 44.1 Å². The van der Waals surface area contributed by atoms with Gasteiger partial charge in [0.2, 0.25) is 0 Å². The summed E-state index contributed by atoms with van der Waals surface area (Å²) in [5.74, 6) is 0.789. The van der Waals surface area contributed by atoms with Crippen LogP contribution in [0.5, 0.6) is 5.75 Å². The monoisotopic (exact) mass is 270 g/mol. The van der Waals surface area contributed by atoms with E-state index in [9.17, 15) is 5.11 Å². The summed E-state index contributed by atoms with van der Waals surface area (Å²) in [4.78, 5) is 2.15. The Morgan fingerprint density at radius 2 is 2.06 bits per heavy atom. The van der Waals surface area contributed by atoms with Crippen molar-refractivity contribution < 1.29 is 5.11 Å². The van der Waals surface area contributed by atoms with E-state index in [2.05, 4.69) is 18.7 Å². The Kier molecular flexibility index (Phi) is 5.93. The minimum Gasteiger partial charge on any atom is -0.508 e. The zero-order valence-corrected chi connectivity index (χ0v) is 12.1. The van der Waals surface area contributed by atoms with Gasteiger partial charge in [0.15, 0.2) is 0 Å². The molecule has 0 bridgehead atoms. The maximum atomic E-state index is 9.74. The summed E-state index contributed by atoms with van der Waals surface area (Å²) in [5, 5.41) is 10.4. The Labute approximate surface area is 115 Å². The maximum absolute atomic E-state index is 9.74. The van der Waals surface area contributed by atoms with Crippen molar-refractivity contribution in [2.24, 2.45) is 11.7 Å². The predicted molar refractivity (Wildman–Crippen MR) is 76.9 cm³/mol. The average Bonchev–Trinajstić information content (AvgIpc) is 2.30. The normalized spacial score (nSPS) is 13.3. The maximum Gasteiger partial charge on any atom is 0.120 e. The summed E-state index contributed by atoms with van der Waals surface area (Å²) in [6, 6.07) is 5.34. The molecule has 0 saturated heterocycles. The van der Waals surface area contributed by atoms with E-state index in [1.54, 1.807) is 18.2 Å². The van der Waals surface area contributed by atoms with Gasteiger partial charge in [0.05, 0.1) is 0 Å². The lowest BCUT2D eigenvalue weighted by Crippen LogP contribution is -2.31. The highest BCUT2D eigenvalue weighted by Gasteiger charge is 2.10. The summed E-state index contributed by atoms with van der Waals surface area (Å²) in [7, 11) is 2.02. The molecule has 102 valence electrons. The predicted octanol–water partition coefficient (Wildman–Crippen LogP) is 2.85. The Morgan fingerprint density at radius 1 is 1.39 bits per heavy atom. The summed E-state index contributed by atoms with van der Waals surface area (Å²) in [6.45, 7) is 5.85. The molecule has 1 rings (SSSR count). The summed E-state index contributed by atoms with van der Waals surface area (Å²) in [6.07, 6.45) is 0.954. The van der Waals surface area contributed by atoms with Crippen LogP contribution in [0, 0.1) is 5.92 Å². The second-order valence-electron chi connectivity index (χ2n) is 5.21. The van der Waals surface area contributed by atoms with Crippen LogP contribution in [0.1, 0.15) is 25.8 Å². The van der Waals surface area contributed by atoms with Crippen molar-refractivity contribution in [2.45, 2.75) is 32.9 Å². The SMILES string of the molecule is CC(C)C(N)CCN(C)Cc1cc(Cl)ccc1O. The minimum absolute atomic E-state index is 0.223. The molecule has 0 amide bonds. The number of benzene rings is 1. The number of aromatic hydroxyl groups is 1. The summed E-state index contributed by atoms with van der Waals surface area (Å²) >= 11 is 5.92. The fraction of sp³-hybridized carbons (Fsp3) is 0.571. The van der Waals surface area contributed by atoms with Gasteiger partial charge in [0.25, 0.3) is 0 Å². The molecule has 0 fully saturated rings. The molecule has 0 aromatic heterocycles. The van der Waals surface area contributed by atoms with Gasteiger partial charge in [-0.15, -0.1) is 0 Å². The molecule has 0 aliphatic heterocycles. The first-order valence-electron chi connectivity index (χ1n) is 6.31. The first-order chi connectivity index (χ1) is 8.40. The Hall–Kier alpha value is -0.770. The average molecular weight is 271 g/mol. The van der Waals surface area contributed by atoms with E-state index in [0.717, 1.165) is 18.5 Å². The van der Waals surface area contributed by atoms with Crippen molar-refractivity contribution in [1.29, 1.82) is 0 Å². The number of phenolic OH excluding ortho intramolecular Hbond substituents is 1. The van der Waals surface area contributed by atoms with Crippen LogP contribution in [-0.4, -0.2) is 29.6 Å². The molecule has 1 atom stereocenters. The highest BCUT2D eigenvalue weighted by atomic mass is 35.5. The van der Waals surface area contributed by atoms with E-state index in [1.165, 1.54) is 0 Å². The fourth-order valence-corrected chi connectivity index (χ4v) is 1.95. The molecule has 1 aromatic carbocycles. The lowest BCUT2D eigenvalue weighted by molar-refractivity contribution is 0.292. The van der Waals surface area contributed by atoms with E-state index in [4.69, 9.17) is 17.3 Å². The van der Waals surface area contributed by atoms with Crippen molar-refractivity contribution >= 4 is 11.6 Å². The largest absolute Gasteiger partial charge is 0.508 e. The number of halogens is 1. The molecule has 0 heterocycles. The molecule has 0 spiro atoms. The van der Waals surface area contributed by atoms with E-state index < -0.39 is 0 Å². The lowest BCUT2D eigenvalue weighted by Gasteiger charge is -2.21. The highest BCUT2D eigenvalue weighted by Crippen LogP contribution is 2.22. The number of nitrogens with two attached hydrogens (primary N) is 1. The third-order valence-electron chi connectivity index (χ3n) is 3.18. The molecule has 1 unspecified atom stereocenters. The number of rotatable bonds is 6. The van der Waals surface area contributed by atoms with Crippen LogP contribution in [0.25, 0.3) is 0 Å². The summed E-state index contributed by atoms with van der Waals surface area (Å²) in [5.41, 5.74) is 6.87. The topological polar surface area (TPSA) is 49.5 Å². The molecule has 1 aromatic rings. The van der Waals surface area contributed by atoms with Gasteiger partial charge in [-0.25, -0.2) is 0 Å². The Bertz CT molecular complexity index is 382. The number of phenols is 1. The van der Waals surface area contributed by atoms with Crippen molar-refractivity contribution in [3.05, 3.63) is 28.8 Å². The molecule has 0 saturated carbocycles. The molecule has 0 aliphatic rings. The molecule has 3 nitrogen and oxygen atoms in total. The van der Waals surface area contributed by atoms with Gasteiger partial charge in [-0.1, -0.05) is 25.4 Å². The van der Waals surface area contributed by atoms with Crippen LogP contribution in [0.15, 0.2) is 18.2 Å². The molecule has 3 N–H and O–H groups in total. The quantitative estimate of drug-likeness (QED) is 0.836. The molecule has 4 heteroatoms. The fourth-order valence-electron chi connectivity index (χ4n) is 1.75. The number of nitrogens with zero attached hydrogens (tertiary/aromatic N) is 1. The van der Waals surface area contributed by atoms with Gasteiger partial charge in [-0.2, -0.15) is 0 Å². The van der Waals surface area contributed by atoms with Crippen molar-refractivity contribution in [3.63, 3.8) is 0 Å². The van der Waals surface area contributed by atoms with Gasteiger partial charge < -0.3 is 15.7 Å². The standard InChI is InChI=1S/C14H23ClN2O/c1-10(2)13(16)6-7-17(3)9-11-8-12(15)4-5-14(11)18/h4-5,8,10,13,18H,6-7,9,16H2,1-3H3. The molecular weight excluding hydrogens is 248 g/mol. The Morgan fingerprint density at radius 3 is 2.67 bits per heavy atom. The molecule has 0 radical (unpaired) electrons. The molecule has 18 heavy (non-hydrogen) atoms. The number of hydrogen-bond acceptors (Lipinski definition) is 3. The van der Waals surface area contributed by atoms with Gasteiger partial charge >= 0.3 is 0 Å². The lowest BCUT2D eigenvalue weighted by atomic mass is 10.0. The Balaban J connectivity index is 2.49. The van der Waals surface area contributed by atoms with Crippen LogP contribution in [0.3, 0.4) is 0 Å².